The van der Waals surface area contributed by atoms with Crippen molar-refractivity contribution in [3.05, 3.63) is 0 Å². The molecule has 0 fully saturated rings. The third-order valence-corrected chi connectivity index (χ3v) is 3.32. The summed E-state index contributed by atoms with van der Waals surface area (Å²) in [6.07, 6.45) is 5.69. The molecule has 0 saturated heterocycles. The molecule has 0 aliphatic rings. The lowest BCUT2D eigenvalue weighted by atomic mass is 9.74. The van der Waals surface area contributed by atoms with Gasteiger partial charge in [-0.3, -0.25) is 0 Å². The van der Waals surface area contributed by atoms with Gasteiger partial charge in [-0.1, -0.05) is 33.6 Å². The van der Waals surface area contributed by atoms with Crippen LogP contribution in [0.15, 0.2) is 0 Å². The van der Waals surface area contributed by atoms with E-state index in [1.54, 1.807) is 0 Å². The highest BCUT2D eigenvalue weighted by atomic mass is 16.3. The summed E-state index contributed by atoms with van der Waals surface area (Å²) in [5.41, 5.74) is 0.190. The zero-order valence-corrected chi connectivity index (χ0v) is 9.06. The van der Waals surface area contributed by atoms with Gasteiger partial charge in [0.2, 0.25) is 0 Å². The number of aliphatic hydroxyl groups excluding tert-OH is 1. The Hall–Kier alpha value is -0.0400. The van der Waals surface area contributed by atoms with Gasteiger partial charge in [0.15, 0.2) is 0 Å². The number of unbranched alkanes of at least 4 members (excludes halogenated alkanes) is 1. The minimum Gasteiger partial charge on any atom is -0.393 e. The molecular weight excluding hydrogens is 148 g/mol. The lowest BCUT2D eigenvalue weighted by molar-refractivity contribution is 0.0229. The summed E-state index contributed by atoms with van der Waals surface area (Å²) >= 11 is 0. The Balaban J connectivity index is 4.15. The monoisotopic (exact) mass is 172 g/mol. The van der Waals surface area contributed by atoms with E-state index in [-0.39, 0.29) is 11.5 Å². The zero-order chi connectivity index (χ0) is 9.61. The first kappa shape index (κ1) is 12.0. The van der Waals surface area contributed by atoms with E-state index in [9.17, 15) is 5.11 Å². The molecule has 1 unspecified atom stereocenters. The maximum absolute atomic E-state index is 9.69. The second-order valence-corrected chi connectivity index (χ2v) is 3.85. The zero-order valence-electron chi connectivity index (χ0n) is 9.06. The Bertz CT molecular complexity index is 104. The molecule has 1 heteroatoms. The van der Waals surface area contributed by atoms with Gasteiger partial charge in [-0.2, -0.15) is 0 Å². The summed E-state index contributed by atoms with van der Waals surface area (Å²) in [7, 11) is 0. The minimum atomic E-state index is -0.154. The Labute approximate surface area is 77.2 Å². The highest BCUT2D eigenvalue weighted by Crippen LogP contribution is 2.36. The average molecular weight is 172 g/mol. The summed E-state index contributed by atoms with van der Waals surface area (Å²) in [4.78, 5) is 0. The van der Waals surface area contributed by atoms with Crippen molar-refractivity contribution in [2.24, 2.45) is 5.41 Å². The van der Waals surface area contributed by atoms with Crippen molar-refractivity contribution >= 4 is 0 Å². The number of aliphatic hydroxyl groups is 1. The predicted molar refractivity (Wildman–Crippen MR) is 54.2 cm³/mol. The van der Waals surface area contributed by atoms with Crippen molar-refractivity contribution in [3.8, 4) is 0 Å². The van der Waals surface area contributed by atoms with E-state index in [1.807, 2.05) is 6.92 Å². The standard InChI is InChI=1S/C11H24O/c1-5-8-9-11(6-2,7-3)10(4)12/h10,12H,5-9H2,1-4H3. The topological polar surface area (TPSA) is 20.2 Å². The smallest absolute Gasteiger partial charge is 0.0568 e. The average Bonchev–Trinajstić information content (AvgIpc) is 2.07. The van der Waals surface area contributed by atoms with Crippen molar-refractivity contribution in [2.75, 3.05) is 0 Å². The van der Waals surface area contributed by atoms with Crippen molar-refractivity contribution in [1.82, 2.24) is 0 Å². The van der Waals surface area contributed by atoms with Gasteiger partial charge >= 0.3 is 0 Å². The van der Waals surface area contributed by atoms with Crippen LogP contribution >= 0.6 is 0 Å². The molecule has 0 aliphatic carbocycles. The molecule has 0 aromatic rings. The molecule has 0 aliphatic heterocycles. The van der Waals surface area contributed by atoms with Crippen molar-refractivity contribution in [3.63, 3.8) is 0 Å². The van der Waals surface area contributed by atoms with Crippen LogP contribution in [0, 0.1) is 5.41 Å². The largest absolute Gasteiger partial charge is 0.393 e. The molecule has 12 heavy (non-hydrogen) atoms. The van der Waals surface area contributed by atoms with Crippen LogP contribution < -0.4 is 0 Å². The van der Waals surface area contributed by atoms with E-state index in [1.165, 1.54) is 19.3 Å². The maximum atomic E-state index is 9.69. The molecule has 0 heterocycles. The van der Waals surface area contributed by atoms with Crippen LogP contribution in [0.2, 0.25) is 0 Å². The van der Waals surface area contributed by atoms with Crippen molar-refractivity contribution in [1.29, 1.82) is 0 Å². The Morgan fingerprint density at radius 3 is 1.92 bits per heavy atom. The van der Waals surface area contributed by atoms with Gasteiger partial charge in [0, 0.05) is 0 Å². The third kappa shape index (κ3) is 2.78. The van der Waals surface area contributed by atoms with Crippen LogP contribution in [-0.4, -0.2) is 11.2 Å². The third-order valence-electron chi connectivity index (χ3n) is 3.32. The maximum Gasteiger partial charge on any atom is 0.0568 e. The quantitative estimate of drug-likeness (QED) is 0.651. The summed E-state index contributed by atoms with van der Waals surface area (Å²) in [5.74, 6) is 0. The Morgan fingerprint density at radius 1 is 1.17 bits per heavy atom. The normalized spacial score (nSPS) is 14.8. The molecule has 1 atom stereocenters. The van der Waals surface area contributed by atoms with E-state index in [2.05, 4.69) is 20.8 Å². The van der Waals surface area contributed by atoms with Crippen LogP contribution in [0.25, 0.3) is 0 Å². The molecule has 0 rings (SSSR count). The second-order valence-electron chi connectivity index (χ2n) is 3.85. The predicted octanol–water partition coefficient (Wildman–Crippen LogP) is 3.36. The molecule has 0 aromatic heterocycles. The fourth-order valence-electron chi connectivity index (χ4n) is 1.93. The second kappa shape index (κ2) is 5.58. The Kier molecular flexibility index (Phi) is 5.56. The van der Waals surface area contributed by atoms with Crippen LogP contribution in [0.1, 0.15) is 59.8 Å². The molecule has 74 valence electrons. The summed E-state index contributed by atoms with van der Waals surface area (Å²) < 4.78 is 0. The molecule has 0 spiro atoms. The molecule has 0 radical (unpaired) electrons. The van der Waals surface area contributed by atoms with E-state index in [0.717, 1.165) is 12.8 Å². The van der Waals surface area contributed by atoms with Crippen LogP contribution in [0.5, 0.6) is 0 Å². The number of hydrogen-bond donors (Lipinski definition) is 1. The number of rotatable bonds is 6. The molecule has 0 saturated carbocycles. The van der Waals surface area contributed by atoms with Crippen molar-refractivity contribution < 1.29 is 5.11 Å². The van der Waals surface area contributed by atoms with Gasteiger partial charge in [0.05, 0.1) is 6.10 Å². The van der Waals surface area contributed by atoms with E-state index < -0.39 is 0 Å². The summed E-state index contributed by atoms with van der Waals surface area (Å²) in [6.45, 7) is 8.51. The van der Waals surface area contributed by atoms with E-state index >= 15 is 0 Å². The van der Waals surface area contributed by atoms with Crippen LogP contribution in [-0.2, 0) is 0 Å². The first-order valence-electron chi connectivity index (χ1n) is 5.31. The fourth-order valence-corrected chi connectivity index (χ4v) is 1.93. The highest BCUT2D eigenvalue weighted by Gasteiger charge is 2.30. The SMILES string of the molecule is CCCCC(CC)(CC)C(C)O. The van der Waals surface area contributed by atoms with Gasteiger partial charge in [-0.05, 0) is 31.6 Å². The molecule has 0 amide bonds. The van der Waals surface area contributed by atoms with Gasteiger partial charge < -0.3 is 5.11 Å². The molecule has 1 nitrogen and oxygen atoms in total. The lowest BCUT2D eigenvalue weighted by Gasteiger charge is -2.34. The van der Waals surface area contributed by atoms with Gasteiger partial charge in [-0.15, -0.1) is 0 Å². The van der Waals surface area contributed by atoms with Crippen molar-refractivity contribution in [2.45, 2.75) is 65.9 Å². The first-order chi connectivity index (χ1) is 5.63. The molecule has 0 aromatic carbocycles. The van der Waals surface area contributed by atoms with Gasteiger partial charge in [0.25, 0.3) is 0 Å². The van der Waals surface area contributed by atoms with Crippen LogP contribution in [0.4, 0.5) is 0 Å². The fraction of sp³-hybridized carbons (Fsp3) is 1.00. The van der Waals surface area contributed by atoms with E-state index in [4.69, 9.17) is 0 Å². The Morgan fingerprint density at radius 2 is 1.67 bits per heavy atom. The van der Waals surface area contributed by atoms with Crippen LogP contribution in [0.3, 0.4) is 0 Å². The van der Waals surface area contributed by atoms with Gasteiger partial charge in [-0.25, -0.2) is 0 Å². The molecular formula is C11H24O. The lowest BCUT2D eigenvalue weighted by Crippen LogP contribution is -2.31. The minimum absolute atomic E-state index is 0.154. The highest BCUT2D eigenvalue weighted by molar-refractivity contribution is 4.81. The number of hydrogen-bond acceptors (Lipinski definition) is 1. The van der Waals surface area contributed by atoms with E-state index in [0.29, 0.717) is 0 Å². The summed E-state index contributed by atoms with van der Waals surface area (Å²) in [6, 6.07) is 0. The molecule has 1 N–H and O–H groups in total. The molecule has 0 bridgehead atoms. The summed E-state index contributed by atoms with van der Waals surface area (Å²) in [5, 5.41) is 9.69. The van der Waals surface area contributed by atoms with Gasteiger partial charge in [0.1, 0.15) is 0 Å². The first-order valence-corrected chi connectivity index (χ1v) is 5.31.